The summed E-state index contributed by atoms with van der Waals surface area (Å²) >= 11 is 0. The first-order valence-corrected chi connectivity index (χ1v) is 13.7. The van der Waals surface area contributed by atoms with E-state index in [9.17, 15) is 22.4 Å². The van der Waals surface area contributed by atoms with Crippen molar-refractivity contribution in [1.29, 1.82) is 0 Å². The monoisotopic (exact) mass is 535 g/mol. The Bertz CT molecular complexity index is 1250. The lowest BCUT2D eigenvalue weighted by Crippen LogP contribution is -2.54. The Hall–Kier alpha value is -3.34. The van der Waals surface area contributed by atoms with Crippen LogP contribution >= 0.6 is 0 Å². The molecule has 0 saturated carbocycles. The maximum atomic E-state index is 14.5. The van der Waals surface area contributed by atoms with Crippen molar-refractivity contribution in [3.8, 4) is 11.5 Å². The molecular formula is C26H34FN3O6S. The number of benzene rings is 2. The number of carbonyl (C=O) groups excluding carboxylic acids is 2. The normalized spacial score (nSPS) is 14.0. The van der Waals surface area contributed by atoms with E-state index in [0.717, 1.165) is 4.31 Å². The van der Waals surface area contributed by atoms with E-state index < -0.39 is 45.8 Å². The van der Waals surface area contributed by atoms with E-state index in [4.69, 9.17) is 9.47 Å². The number of nitrogens with zero attached hydrogens (tertiary/aromatic N) is 2. The van der Waals surface area contributed by atoms with Gasteiger partial charge in [0.25, 0.3) is 0 Å². The zero-order valence-electron chi connectivity index (χ0n) is 21.8. The molecule has 0 aliphatic carbocycles. The lowest BCUT2D eigenvalue weighted by Gasteiger charge is -2.33. The number of halogens is 1. The van der Waals surface area contributed by atoms with Gasteiger partial charge in [-0.15, -0.1) is 0 Å². The summed E-state index contributed by atoms with van der Waals surface area (Å²) < 4.78 is 52.7. The van der Waals surface area contributed by atoms with Gasteiger partial charge in [-0.1, -0.05) is 18.2 Å². The average molecular weight is 536 g/mol. The van der Waals surface area contributed by atoms with Crippen LogP contribution in [0.4, 0.5) is 10.1 Å². The van der Waals surface area contributed by atoms with Crippen LogP contribution in [0, 0.1) is 5.82 Å². The molecule has 0 radical (unpaired) electrons. The number of anilines is 1. The summed E-state index contributed by atoms with van der Waals surface area (Å²) in [6.45, 7) is 8.30. The third-order valence-corrected chi connectivity index (χ3v) is 7.50. The van der Waals surface area contributed by atoms with E-state index in [-0.39, 0.29) is 23.5 Å². The highest BCUT2D eigenvalue weighted by molar-refractivity contribution is 7.92. The van der Waals surface area contributed by atoms with Crippen LogP contribution in [0.2, 0.25) is 0 Å². The van der Waals surface area contributed by atoms with E-state index in [1.165, 1.54) is 49.1 Å². The molecule has 0 fully saturated rings. The molecule has 9 nitrogen and oxygen atoms in total. The molecular weight excluding hydrogens is 501 g/mol. The Morgan fingerprint density at radius 1 is 1.08 bits per heavy atom. The largest absolute Gasteiger partial charge is 0.486 e. The lowest BCUT2D eigenvalue weighted by molar-refractivity contribution is -0.140. The third kappa shape index (κ3) is 7.12. The summed E-state index contributed by atoms with van der Waals surface area (Å²) in [5, 5.41) is 2.83. The van der Waals surface area contributed by atoms with E-state index in [0.29, 0.717) is 24.7 Å². The number of nitrogens with one attached hydrogen (secondary N) is 1. The molecule has 0 aromatic heterocycles. The number of hydrogen-bond donors (Lipinski definition) is 1. The maximum Gasteiger partial charge on any atom is 0.244 e. The Morgan fingerprint density at radius 2 is 1.73 bits per heavy atom. The second-order valence-electron chi connectivity index (χ2n) is 9.76. The molecule has 202 valence electrons. The molecule has 0 bridgehead atoms. The van der Waals surface area contributed by atoms with Crippen molar-refractivity contribution in [2.45, 2.75) is 52.7 Å². The van der Waals surface area contributed by atoms with Gasteiger partial charge < -0.3 is 19.7 Å². The fourth-order valence-electron chi connectivity index (χ4n) is 3.77. The minimum Gasteiger partial charge on any atom is -0.486 e. The second kappa shape index (κ2) is 11.4. The number of rotatable bonds is 9. The van der Waals surface area contributed by atoms with Crippen molar-refractivity contribution < 1.29 is 31.9 Å². The van der Waals surface area contributed by atoms with E-state index >= 15 is 0 Å². The van der Waals surface area contributed by atoms with Crippen molar-refractivity contribution in [1.82, 2.24) is 10.2 Å². The number of fused-ring (bicyclic) bond motifs is 1. The Labute approximate surface area is 217 Å². The van der Waals surface area contributed by atoms with Crippen LogP contribution < -0.4 is 19.1 Å². The number of hydrogen-bond acceptors (Lipinski definition) is 6. The van der Waals surface area contributed by atoms with Crippen molar-refractivity contribution in [2.24, 2.45) is 0 Å². The maximum absolute atomic E-state index is 14.5. The molecule has 3 rings (SSSR count). The number of sulfonamides is 1. The van der Waals surface area contributed by atoms with Gasteiger partial charge in [0.2, 0.25) is 21.8 Å². The quantitative estimate of drug-likeness (QED) is 0.529. The second-order valence-corrected chi connectivity index (χ2v) is 11.9. The molecule has 0 unspecified atom stereocenters. The minimum absolute atomic E-state index is 0.204. The van der Waals surface area contributed by atoms with Crippen molar-refractivity contribution in [2.75, 3.05) is 29.8 Å². The third-order valence-electron chi connectivity index (χ3n) is 5.76. The summed E-state index contributed by atoms with van der Waals surface area (Å²) in [6, 6.07) is 9.56. The standard InChI is InChI=1S/C26H34FN3O6S/c1-6-37(33,34)30(20-11-12-22-23(15-20)36-14-13-35-22)17-24(31)29(16-19-9-7-8-10-21(19)27)18(2)25(32)28-26(3,4)5/h7-12,15,18H,6,13-14,16-17H2,1-5H3,(H,28,32)/t18-/m0/s1. The molecule has 1 atom stereocenters. The van der Waals surface area contributed by atoms with Gasteiger partial charge in [0.15, 0.2) is 11.5 Å². The molecule has 11 heteroatoms. The van der Waals surface area contributed by atoms with Gasteiger partial charge in [0.1, 0.15) is 31.6 Å². The van der Waals surface area contributed by atoms with E-state index in [2.05, 4.69) is 5.32 Å². The van der Waals surface area contributed by atoms with E-state index in [1.54, 1.807) is 32.9 Å². The smallest absolute Gasteiger partial charge is 0.244 e. The summed E-state index contributed by atoms with van der Waals surface area (Å²) in [5.41, 5.74) is -0.145. The van der Waals surface area contributed by atoms with Crippen LogP contribution in [0.25, 0.3) is 0 Å². The average Bonchev–Trinajstić information content (AvgIpc) is 2.84. The Morgan fingerprint density at radius 3 is 2.35 bits per heavy atom. The van der Waals surface area contributed by atoms with Crippen LogP contribution in [0.15, 0.2) is 42.5 Å². The van der Waals surface area contributed by atoms with Gasteiger partial charge in [-0.05, 0) is 52.8 Å². The van der Waals surface area contributed by atoms with Gasteiger partial charge in [0, 0.05) is 23.7 Å². The highest BCUT2D eigenvalue weighted by atomic mass is 32.2. The molecule has 2 amide bonds. The number of amides is 2. The van der Waals surface area contributed by atoms with Crippen molar-refractivity contribution >= 4 is 27.5 Å². The molecule has 37 heavy (non-hydrogen) atoms. The Balaban J connectivity index is 1.97. The first kappa shape index (κ1) is 28.2. The molecule has 1 aliphatic heterocycles. The molecule has 1 N–H and O–H groups in total. The van der Waals surface area contributed by atoms with Gasteiger partial charge in [-0.3, -0.25) is 13.9 Å². The van der Waals surface area contributed by atoms with Gasteiger partial charge in [-0.2, -0.15) is 0 Å². The molecule has 0 saturated heterocycles. The van der Waals surface area contributed by atoms with Crippen molar-refractivity contribution in [3.05, 3.63) is 53.8 Å². The molecule has 1 aliphatic rings. The van der Waals surface area contributed by atoms with Crippen LogP contribution in [-0.4, -0.2) is 62.2 Å². The SMILES string of the molecule is CCS(=O)(=O)N(CC(=O)N(Cc1ccccc1F)[C@@H](C)C(=O)NC(C)(C)C)c1ccc2c(c1)OCCO2. The van der Waals surface area contributed by atoms with E-state index in [1.807, 2.05) is 0 Å². The predicted octanol–water partition coefficient (Wildman–Crippen LogP) is 3.09. The van der Waals surface area contributed by atoms with Crippen LogP contribution in [0.1, 0.15) is 40.2 Å². The topological polar surface area (TPSA) is 105 Å². The molecule has 1 heterocycles. The van der Waals surface area contributed by atoms with Crippen LogP contribution in [0.5, 0.6) is 11.5 Å². The number of ether oxygens (including phenoxy) is 2. The summed E-state index contributed by atoms with van der Waals surface area (Å²) in [4.78, 5) is 27.8. The zero-order valence-corrected chi connectivity index (χ0v) is 22.6. The summed E-state index contributed by atoms with van der Waals surface area (Å²) in [6.07, 6.45) is 0. The highest BCUT2D eigenvalue weighted by Gasteiger charge is 2.33. The Kier molecular flexibility index (Phi) is 8.68. The highest BCUT2D eigenvalue weighted by Crippen LogP contribution is 2.35. The summed E-state index contributed by atoms with van der Waals surface area (Å²) in [7, 11) is -3.91. The predicted molar refractivity (Wildman–Crippen MR) is 139 cm³/mol. The first-order valence-electron chi connectivity index (χ1n) is 12.1. The minimum atomic E-state index is -3.91. The van der Waals surface area contributed by atoms with Crippen LogP contribution in [-0.2, 0) is 26.2 Å². The zero-order chi connectivity index (χ0) is 27.4. The number of carbonyl (C=O) groups is 2. The molecule has 2 aromatic carbocycles. The fourth-order valence-corrected chi connectivity index (χ4v) is 4.83. The fraction of sp³-hybridized carbons (Fsp3) is 0.462. The van der Waals surface area contributed by atoms with Crippen molar-refractivity contribution in [3.63, 3.8) is 0 Å². The van der Waals surface area contributed by atoms with Gasteiger partial charge in [0.05, 0.1) is 11.4 Å². The lowest BCUT2D eigenvalue weighted by atomic mass is 10.1. The molecule has 0 spiro atoms. The summed E-state index contributed by atoms with van der Waals surface area (Å²) in [5.74, 6) is -1.05. The van der Waals surface area contributed by atoms with Gasteiger partial charge in [-0.25, -0.2) is 12.8 Å². The van der Waals surface area contributed by atoms with Crippen LogP contribution in [0.3, 0.4) is 0 Å². The molecule has 2 aromatic rings. The first-order chi connectivity index (χ1) is 17.3. The van der Waals surface area contributed by atoms with Gasteiger partial charge >= 0.3 is 0 Å².